The predicted molar refractivity (Wildman–Crippen MR) is 143 cm³/mol. The molecule has 0 atom stereocenters. The molecule has 0 aliphatic rings. The molecule has 0 spiro atoms. The number of amides is 1. The lowest BCUT2D eigenvalue weighted by atomic mass is 10.1. The first-order valence-electron chi connectivity index (χ1n) is 11.3. The maximum absolute atomic E-state index is 13.3. The molecule has 1 heterocycles. The van der Waals surface area contributed by atoms with Crippen LogP contribution in [-0.2, 0) is 16.6 Å². The van der Waals surface area contributed by atoms with Gasteiger partial charge in [-0.05, 0) is 55.8 Å². The Bertz CT molecular complexity index is 1500. The Morgan fingerprint density at radius 1 is 1.03 bits per heavy atom. The minimum atomic E-state index is -3.79. The Morgan fingerprint density at radius 3 is 2.27 bits per heavy atom. The van der Waals surface area contributed by atoms with E-state index in [-0.39, 0.29) is 28.7 Å². The van der Waals surface area contributed by atoms with Crippen molar-refractivity contribution in [2.75, 3.05) is 5.32 Å². The number of nitrogens with zero attached hydrogens (tertiary/aromatic N) is 3. The van der Waals surface area contributed by atoms with Crippen LogP contribution in [0, 0.1) is 10.1 Å². The fraction of sp³-hybridized carbons (Fsp3) is 0.154. The second kappa shape index (κ2) is 11.0. The molecule has 0 bridgehead atoms. The standard InChI is InChI=1S/C26H24N4O5S2/c1-18(2)29(16-19-6-4-3-5-7-19)37(34,35)23-14-10-21(11-15-23)25(31)28-26-27-24(17-36-26)20-8-12-22(13-9-20)30(32)33/h3-15,17-18H,16H2,1-2H3,(H,27,28,31). The minimum absolute atomic E-state index is 0.0189. The Labute approximate surface area is 218 Å². The van der Waals surface area contributed by atoms with E-state index in [1.807, 2.05) is 44.2 Å². The summed E-state index contributed by atoms with van der Waals surface area (Å²) in [6.07, 6.45) is 0. The molecule has 3 aromatic carbocycles. The summed E-state index contributed by atoms with van der Waals surface area (Å²) in [5.41, 5.74) is 2.40. The monoisotopic (exact) mass is 536 g/mol. The van der Waals surface area contributed by atoms with E-state index in [2.05, 4.69) is 10.3 Å². The highest BCUT2D eigenvalue weighted by Crippen LogP contribution is 2.27. The van der Waals surface area contributed by atoms with Gasteiger partial charge < -0.3 is 0 Å². The summed E-state index contributed by atoms with van der Waals surface area (Å²) in [6, 6.07) is 20.9. The van der Waals surface area contributed by atoms with Gasteiger partial charge in [0.2, 0.25) is 10.0 Å². The smallest absolute Gasteiger partial charge is 0.269 e. The number of aromatic nitrogens is 1. The van der Waals surface area contributed by atoms with Crippen LogP contribution in [0.15, 0.2) is 89.1 Å². The van der Waals surface area contributed by atoms with E-state index in [1.54, 1.807) is 17.5 Å². The summed E-state index contributed by atoms with van der Waals surface area (Å²) >= 11 is 1.21. The van der Waals surface area contributed by atoms with E-state index in [0.29, 0.717) is 16.4 Å². The normalized spacial score (nSPS) is 11.6. The summed E-state index contributed by atoms with van der Waals surface area (Å²) < 4.78 is 28.1. The molecule has 0 fully saturated rings. The van der Waals surface area contributed by atoms with Crippen LogP contribution >= 0.6 is 11.3 Å². The zero-order chi connectivity index (χ0) is 26.6. The molecule has 11 heteroatoms. The number of sulfonamides is 1. The first-order valence-corrected chi connectivity index (χ1v) is 13.6. The zero-order valence-corrected chi connectivity index (χ0v) is 21.7. The summed E-state index contributed by atoms with van der Waals surface area (Å²) in [7, 11) is -3.79. The number of anilines is 1. The molecule has 0 radical (unpaired) electrons. The van der Waals surface area contributed by atoms with Crippen molar-refractivity contribution in [1.29, 1.82) is 0 Å². The number of nitro benzene ring substituents is 1. The molecule has 0 aliphatic heterocycles. The molecular weight excluding hydrogens is 512 g/mol. The van der Waals surface area contributed by atoms with Crippen molar-refractivity contribution in [3.05, 3.63) is 105 Å². The van der Waals surface area contributed by atoms with E-state index in [1.165, 1.54) is 52.0 Å². The van der Waals surface area contributed by atoms with Crippen molar-refractivity contribution < 1.29 is 18.1 Å². The number of thiazole rings is 1. The van der Waals surface area contributed by atoms with Gasteiger partial charge in [-0.3, -0.25) is 20.2 Å². The van der Waals surface area contributed by atoms with Gasteiger partial charge in [-0.2, -0.15) is 4.31 Å². The summed E-state index contributed by atoms with van der Waals surface area (Å²) in [4.78, 5) is 27.6. The fourth-order valence-electron chi connectivity index (χ4n) is 3.61. The number of nitro groups is 1. The van der Waals surface area contributed by atoms with Gasteiger partial charge in [-0.25, -0.2) is 13.4 Å². The second-order valence-corrected chi connectivity index (χ2v) is 11.2. The largest absolute Gasteiger partial charge is 0.298 e. The number of nitrogens with one attached hydrogen (secondary N) is 1. The van der Waals surface area contributed by atoms with Crippen LogP contribution in [0.2, 0.25) is 0 Å². The van der Waals surface area contributed by atoms with Crippen molar-refractivity contribution in [3.8, 4) is 11.3 Å². The number of hydrogen-bond donors (Lipinski definition) is 1. The molecule has 1 N–H and O–H groups in total. The van der Waals surface area contributed by atoms with Crippen LogP contribution in [0.5, 0.6) is 0 Å². The van der Waals surface area contributed by atoms with Gasteiger partial charge in [0, 0.05) is 41.2 Å². The van der Waals surface area contributed by atoms with Crippen molar-refractivity contribution in [2.24, 2.45) is 0 Å². The summed E-state index contributed by atoms with van der Waals surface area (Å²) in [5.74, 6) is -0.432. The highest BCUT2D eigenvalue weighted by molar-refractivity contribution is 7.89. The van der Waals surface area contributed by atoms with Gasteiger partial charge >= 0.3 is 0 Å². The molecule has 190 valence electrons. The Kier molecular flexibility index (Phi) is 7.77. The average molecular weight is 537 g/mol. The second-order valence-electron chi connectivity index (χ2n) is 8.45. The number of rotatable bonds is 9. The molecule has 4 rings (SSSR count). The lowest BCUT2D eigenvalue weighted by molar-refractivity contribution is -0.384. The Hall–Kier alpha value is -3.93. The molecule has 1 amide bonds. The predicted octanol–water partition coefficient (Wildman–Crippen LogP) is 5.57. The highest BCUT2D eigenvalue weighted by Gasteiger charge is 2.27. The van der Waals surface area contributed by atoms with Crippen LogP contribution in [0.1, 0.15) is 29.8 Å². The lowest BCUT2D eigenvalue weighted by Gasteiger charge is -2.26. The third-order valence-electron chi connectivity index (χ3n) is 5.58. The van der Waals surface area contributed by atoms with Crippen molar-refractivity contribution in [1.82, 2.24) is 9.29 Å². The van der Waals surface area contributed by atoms with E-state index in [0.717, 1.165) is 5.56 Å². The van der Waals surface area contributed by atoms with Crippen LogP contribution in [0.3, 0.4) is 0 Å². The van der Waals surface area contributed by atoms with Crippen LogP contribution in [0.4, 0.5) is 10.8 Å². The van der Waals surface area contributed by atoms with Crippen molar-refractivity contribution >= 4 is 38.1 Å². The number of carbonyl (C=O) groups is 1. The Balaban J connectivity index is 1.46. The van der Waals surface area contributed by atoms with Gasteiger partial charge in [0.05, 0.1) is 15.5 Å². The van der Waals surface area contributed by atoms with Gasteiger partial charge in [0.1, 0.15) is 0 Å². The van der Waals surface area contributed by atoms with Crippen LogP contribution in [0.25, 0.3) is 11.3 Å². The first-order chi connectivity index (χ1) is 17.6. The van der Waals surface area contributed by atoms with Crippen LogP contribution < -0.4 is 5.32 Å². The third-order valence-corrected chi connectivity index (χ3v) is 8.37. The van der Waals surface area contributed by atoms with Crippen LogP contribution in [-0.4, -0.2) is 34.6 Å². The zero-order valence-electron chi connectivity index (χ0n) is 20.1. The highest BCUT2D eigenvalue weighted by atomic mass is 32.2. The molecule has 0 aliphatic carbocycles. The number of hydrogen-bond acceptors (Lipinski definition) is 7. The van der Waals surface area contributed by atoms with Crippen molar-refractivity contribution in [2.45, 2.75) is 31.3 Å². The molecule has 37 heavy (non-hydrogen) atoms. The minimum Gasteiger partial charge on any atom is -0.298 e. The van der Waals surface area contributed by atoms with E-state index in [9.17, 15) is 23.3 Å². The SMILES string of the molecule is CC(C)N(Cc1ccccc1)S(=O)(=O)c1ccc(C(=O)Nc2nc(-c3ccc([N+](=O)[O-])cc3)cs2)cc1. The Morgan fingerprint density at radius 2 is 1.68 bits per heavy atom. The molecular formula is C26H24N4O5S2. The van der Waals surface area contributed by atoms with Gasteiger partial charge in [-0.1, -0.05) is 30.3 Å². The summed E-state index contributed by atoms with van der Waals surface area (Å²) in [5, 5.41) is 15.6. The van der Waals surface area contributed by atoms with E-state index < -0.39 is 20.9 Å². The van der Waals surface area contributed by atoms with Gasteiger partial charge in [0.25, 0.3) is 11.6 Å². The molecule has 4 aromatic rings. The topological polar surface area (TPSA) is 123 Å². The maximum Gasteiger partial charge on any atom is 0.269 e. The maximum atomic E-state index is 13.3. The van der Waals surface area contributed by atoms with Crippen molar-refractivity contribution in [3.63, 3.8) is 0 Å². The molecule has 0 saturated heterocycles. The van der Waals surface area contributed by atoms with E-state index in [4.69, 9.17) is 0 Å². The molecule has 0 unspecified atom stereocenters. The fourth-order valence-corrected chi connectivity index (χ4v) is 5.95. The van der Waals surface area contributed by atoms with Gasteiger partial charge in [-0.15, -0.1) is 11.3 Å². The number of non-ortho nitro benzene ring substituents is 1. The number of benzene rings is 3. The number of carbonyl (C=O) groups excluding carboxylic acids is 1. The summed E-state index contributed by atoms with van der Waals surface area (Å²) in [6.45, 7) is 3.88. The van der Waals surface area contributed by atoms with E-state index >= 15 is 0 Å². The molecule has 9 nitrogen and oxygen atoms in total. The molecule has 0 saturated carbocycles. The first kappa shape index (κ1) is 26.1. The third kappa shape index (κ3) is 6.08. The van der Waals surface area contributed by atoms with Gasteiger partial charge in [0.15, 0.2) is 5.13 Å². The molecule has 1 aromatic heterocycles. The quantitative estimate of drug-likeness (QED) is 0.220. The lowest BCUT2D eigenvalue weighted by Crippen LogP contribution is -2.36. The average Bonchev–Trinajstić information content (AvgIpc) is 3.36.